The molecule has 0 saturated carbocycles. The Kier molecular flexibility index (Phi) is 5.15. The van der Waals surface area contributed by atoms with Crippen LogP contribution in [-0.4, -0.2) is 18.3 Å². The highest BCUT2D eigenvalue weighted by molar-refractivity contribution is 5.30. The summed E-state index contributed by atoms with van der Waals surface area (Å²) in [4.78, 5) is 0. The maximum atomic E-state index is 8.93. The highest BCUT2D eigenvalue weighted by Crippen LogP contribution is 2.17. The van der Waals surface area contributed by atoms with Crippen LogP contribution in [0.3, 0.4) is 0 Å². The lowest BCUT2D eigenvalue weighted by Gasteiger charge is -2.11. The normalized spacial score (nSPS) is 12.5. The average Bonchev–Trinajstić information content (AvgIpc) is 2.29. The predicted octanol–water partition coefficient (Wildman–Crippen LogP) is 1.86. The van der Waals surface area contributed by atoms with Gasteiger partial charge in [-0.3, -0.25) is 0 Å². The summed E-state index contributed by atoms with van der Waals surface area (Å²) in [7, 11) is 0. The molecule has 0 bridgehead atoms. The van der Waals surface area contributed by atoms with E-state index >= 15 is 0 Å². The highest BCUT2D eigenvalue weighted by atomic mass is 16.5. The summed E-state index contributed by atoms with van der Waals surface area (Å²) < 4.78 is 5.54. The molecule has 0 aliphatic heterocycles. The van der Waals surface area contributed by atoms with Crippen LogP contribution in [0.1, 0.15) is 31.4 Å². The average molecular weight is 209 g/mol. The second-order valence-electron chi connectivity index (χ2n) is 3.56. The predicted molar refractivity (Wildman–Crippen MR) is 60.9 cm³/mol. The van der Waals surface area contributed by atoms with E-state index in [9.17, 15) is 0 Å². The van der Waals surface area contributed by atoms with E-state index in [2.05, 4.69) is 6.92 Å². The van der Waals surface area contributed by atoms with Crippen LogP contribution in [0.25, 0.3) is 0 Å². The molecular formula is C12H19NO2. The van der Waals surface area contributed by atoms with Gasteiger partial charge >= 0.3 is 0 Å². The Hall–Kier alpha value is -1.06. The van der Waals surface area contributed by atoms with Crippen molar-refractivity contribution in [3.05, 3.63) is 29.8 Å². The van der Waals surface area contributed by atoms with Crippen molar-refractivity contribution in [3.8, 4) is 5.75 Å². The standard InChI is InChI=1S/C12H19NO2/c1-2-3-7-15-11-6-4-5-10(8-11)12(13)9-14/h4-6,8,12,14H,2-3,7,9,13H2,1H3/t12-/m1/s1. The van der Waals surface area contributed by atoms with Crippen molar-refractivity contribution in [2.75, 3.05) is 13.2 Å². The molecular weight excluding hydrogens is 190 g/mol. The zero-order valence-corrected chi connectivity index (χ0v) is 9.15. The lowest BCUT2D eigenvalue weighted by Crippen LogP contribution is -2.14. The number of benzene rings is 1. The summed E-state index contributed by atoms with van der Waals surface area (Å²) in [5, 5.41) is 8.93. The molecule has 0 heterocycles. The Labute approximate surface area is 90.9 Å². The third-order valence-electron chi connectivity index (χ3n) is 2.25. The zero-order chi connectivity index (χ0) is 11.1. The first-order valence-electron chi connectivity index (χ1n) is 5.37. The first kappa shape index (κ1) is 12.0. The van der Waals surface area contributed by atoms with Gasteiger partial charge in [-0.15, -0.1) is 0 Å². The molecule has 0 aromatic heterocycles. The Morgan fingerprint density at radius 3 is 2.93 bits per heavy atom. The van der Waals surface area contributed by atoms with E-state index in [0.29, 0.717) is 0 Å². The second kappa shape index (κ2) is 6.43. The lowest BCUT2D eigenvalue weighted by atomic mass is 10.1. The molecule has 3 nitrogen and oxygen atoms in total. The summed E-state index contributed by atoms with van der Waals surface area (Å²) in [6.07, 6.45) is 2.17. The minimum atomic E-state index is -0.320. The SMILES string of the molecule is CCCCOc1cccc([C@H](N)CO)c1. The van der Waals surface area contributed by atoms with Crippen molar-refractivity contribution in [2.24, 2.45) is 5.73 Å². The molecule has 0 fully saturated rings. The molecule has 0 unspecified atom stereocenters. The van der Waals surface area contributed by atoms with Crippen LogP contribution in [0.4, 0.5) is 0 Å². The maximum Gasteiger partial charge on any atom is 0.119 e. The molecule has 1 rings (SSSR count). The molecule has 0 saturated heterocycles. The first-order chi connectivity index (χ1) is 7.27. The van der Waals surface area contributed by atoms with E-state index in [-0.39, 0.29) is 12.6 Å². The largest absolute Gasteiger partial charge is 0.494 e. The molecule has 0 spiro atoms. The van der Waals surface area contributed by atoms with E-state index in [1.807, 2.05) is 24.3 Å². The Morgan fingerprint density at radius 1 is 1.47 bits per heavy atom. The van der Waals surface area contributed by atoms with Crippen LogP contribution in [0.5, 0.6) is 5.75 Å². The van der Waals surface area contributed by atoms with Gasteiger partial charge < -0.3 is 15.6 Å². The zero-order valence-electron chi connectivity index (χ0n) is 9.15. The minimum absolute atomic E-state index is 0.0432. The molecule has 84 valence electrons. The van der Waals surface area contributed by atoms with Gasteiger partial charge in [-0.2, -0.15) is 0 Å². The van der Waals surface area contributed by atoms with Gasteiger partial charge in [-0.1, -0.05) is 25.5 Å². The van der Waals surface area contributed by atoms with Crippen molar-refractivity contribution in [1.29, 1.82) is 0 Å². The Bertz CT molecular complexity index is 289. The molecule has 1 aromatic rings. The summed E-state index contributed by atoms with van der Waals surface area (Å²) in [5.41, 5.74) is 6.62. The number of rotatable bonds is 6. The van der Waals surface area contributed by atoms with Crippen molar-refractivity contribution in [2.45, 2.75) is 25.8 Å². The summed E-state index contributed by atoms with van der Waals surface area (Å²) in [6.45, 7) is 2.81. The van der Waals surface area contributed by atoms with Gasteiger partial charge in [0.25, 0.3) is 0 Å². The highest BCUT2D eigenvalue weighted by Gasteiger charge is 2.04. The number of nitrogens with two attached hydrogens (primary N) is 1. The Balaban J connectivity index is 2.57. The van der Waals surface area contributed by atoms with Crippen molar-refractivity contribution in [3.63, 3.8) is 0 Å². The third-order valence-corrected chi connectivity index (χ3v) is 2.25. The van der Waals surface area contributed by atoms with E-state index in [0.717, 1.165) is 30.8 Å². The first-order valence-corrected chi connectivity index (χ1v) is 5.37. The maximum absolute atomic E-state index is 8.93. The smallest absolute Gasteiger partial charge is 0.119 e. The molecule has 15 heavy (non-hydrogen) atoms. The third kappa shape index (κ3) is 3.90. The summed E-state index contributed by atoms with van der Waals surface area (Å²) >= 11 is 0. The van der Waals surface area contributed by atoms with E-state index in [1.54, 1.807) is 0 Å². The minimum Gasteiger partial charge on any atom is -0.494 e. The molecule has 0 aliphatic rings. The number of ether oxygens (including phenoxy) is 1. The van der Waals surface area contributed by atoms with Gasteiger partial charge in [0.15, 0.2) is 0 Å². The second-order valence-corrected chi connectivity index (χ2v) is 3.56. The van der Waals surface area contributed by atoms with Crippen molar-refractivity contribution >= 4 is 0 Å². The van der Waals surface area contributed by atoms with Gasteiger partial charge in [0.1, 0.15) is 5.75 Å². The summed E-state index contributed by atoms with van der Waals surface area (Å²) in [6, 6.07) is 7.26. The van der Waals surface area contributed by atoms with E-state index < -0.39 is 0 Å². The fourth-order valence-electron chi connectivity index (χ4n) is 1.27. The van der Waals surface area contributed by atoms with E-state index in [4.69, 9.17) is 15.6 Å². The van der Waals surface area contributed by atoms with Crippen molar-refractivity contribution in [1.82, 2.24) is 0 Å². The lowest BCUT2D eigenvalue weighted by molar-refractivity contribution is 0.267. The Morgan fingerprint density at radius 2 is 2.27 bits per heavy atom. The van der Waals surface area contributed by atoms with Crippen LogP contribution in [0, 0.1) is 0 Å². The summed E-state index contributed by atoms with van der Waals surface area (Å²) in [5.74, 6) is 0.824. The molecule has 1 atom stereocenters. The molecule has 0 amide bonds. The fraction of sp³-hybridized carbons (Fsp3) is 0.500. The van der Waals surface area contributed by atoms with Gasteiger partial charge in [0.2, 0.25) is 0 Å². The number of unbranched alkanes of at least 4 members (excludes halogenated alkanes) is 1. The monoisotopic (exact) mass is 209 g/mol. The van der Waals surface area contributed by atoms with Gasteiger partial charge in [0, 0.05) is 0 Å². The molecule has 3 N–H and O–H groups in total. The fourth-order valence-corrected chi connectivity index (χ4v) is 1.27. The van der Waals surface area contributed by atoms with Crippen LogP contribution in [0.15, 0.2) is 24.3 Å². The van der Waals surface area contributed by atoms with Crippen molar-refractivity contribution < 1.29 is 9.84 Å². The van der Waals surface area contributed by atoms with E-state index in [1.165, 1.54) is 0 Å². The van der Waals surface area contributed by atoms with Crippen LogP contribution in [0.2, 0.25) is 0 Å². The molecule has 3 heteroatoms. The number of aliphatic hydroxyl groups excluding tert-OH is 1. The number of hydrogen-bond acceptors (Lipinski definition) is 3. The number of hydrogen-bond donors (Lipinski definition) is 2. The molecule has 0 aliphatic carbocycles. The van der Waals surface area contributed by atoms with Crippen LogP contribution >= 0.6 is 0 Å². The topological polar surface area (TPSA) is 55.5 Å². The van der Waals surface area contributed by atoms with Gasteiger partial charge in [-0.25, -0.2) is 0 Å². The van der Waals surface area contributed by atoms with Gasteiger partial charge in [-0.05, 0) is 24.1 Å². The number of aliphatic hydroxyl groups is 1. The molecule has 1 aromatic carbocycles. The van der Waals surface area contributed by atoms with Crippen LogP contribution < -0.4 is 10.5 Å². The van der Waals surface area contributed by atoms with Gasteiger partial charge in [0.05, 0.1) is 19.3 Å². The van der Waals surface area contributed by atoms with Crippen LogP contribution in [-0.2, 0) is 0 Å². The molecule has 0 radical (unpaired) electrons. The quantitative estimate of drug-likeness (QED) is 0.703.